The van der Waals surface area contributed by atoms with Gasteiger partial charge in [0.1, 0.15) is 5.60 Å². The third-order valence-electron chi connectivity index (χ3n) is 1.99. The summed E-state index contributed by atoms with van der Waals surface area (Å²) in [5, 5.41) is 2.59. The van der Waals surface area contributed by atoms with Crippen LogP contribution in [0.5, 0.6) is 0 Å². The third kappa shape index (κ3) is 16.9. The highest BCUT2D eigenvalue weighted by Crippen LogP contribution is 2.08. The molecule has 0 bridgehead atoms. The standard InChI is InChI=1S/C8H16ClNO2.C7H7Br.C2H2/c1-8(2,3)12-7(11)10-6-4-5-9;1-6-2-4-7(8)5-3-6;1-2/h4-6H2,1-3H3,(H,10,11);2-5H,1H3;1-2H. The molecule has 22 heavy (non-hydrogen) atoms. The van der Waals surface area contributed by atoms with Gasteiger partial charge in [0.15, 0.2) is 0 Å². The first-order valence-electron chi connectivity index (χ1n) is 6.83. The Bertz CT molecular complexity index is 404. The van der Waals surface area contributed by atoms with E-state index >= 15 is 0 Å². The molecule has 0 aliphatic rings. The second-order valence-electron chi connectivity index (χ2n) is 5.27. The van der Waals surface area contributed by atoms with Crippen LogP contribution in [0.4, 0.5) is 4.79 Å². The van der Waals surface area contributed by atoms with Crippen molar-refractivity contribution in [3.05, 3.63) is 34.3 Å². The molecular formula is C17H25BrClNO2. The Balaban J connectivity index is 0. The monoisotopic (exact) mass is 389 g/mol. The van der Waals surface area contributed by atoms with Crippen LogP contribution in [0.1, 0.15) is 32.8 Å². The Morgan fingerprint density at radius 1 is 1.27 bits per heavy atom. The topological polar surface area (TPSA) is 38.3 Å². The Labute approximate surface area is 147 Å². The Morgan fingerprint density at radius 3 is 2.14 bits per heavy atom. The average Bonchev–Trinajstić information content (AvgIpc) is 2.43. The summed E-state index contributed by atoms with van der Waals surface area (Å²) in [6, 6.07) is 8.22. The van der Waals surface area contributed by atoms with Gasteiger partial charge in [-0.3, -0.25) is 0 Å². The van der Waals surface area contributed by atoms with Gasteiger partial charge in [0.05, 0.1) is 0 Å². The number of alkyl halides is 1. The van der Waals surface area contributed by atoms with E-state index in [4.69, 9.17) is 16.3 Å². The molecule has 0 aromatic heterocycles. The van der Waals surface area contributed by atoms with E-state index in [0.29, 0.717) is 12.4 Å². The van der Waals surface area contributed by atoms with E-state index in [1.165, 1.54) is 5.56 Å². The van der Waals surface area contributed by atoms with Crippen molar-refractivity contribution in [2.24, 2.45) is 0 Å². The number of nitrogens with one attached hydrogen (secondary N) is 1. The highest BCUT2D eigenvalue weighted by atomic mass is 79.9. The van der Waals surface area contributed by atoms with Crippen molar-refractivity contribution in [2.75, 3.05) is 12.4 Å². The van der Waals surface area contributed by atoms with Crippen molar-refractivity contribution < 1.29 is 9.53 Å². The van der Waals surface area contributed by atoms with E-state index in [0.717, 1.165) is 10.9 Å². The molecule has 0 saturated carbocycles. The van der Waals surface area contributed by atoms with Gasteiger partial charge in [-0.1, -0.05) is 33.6 Å². The van der Waals surface area contributed by atoms with E-state index in [1.54, 1.807) is 0 Å². The van der Waals surface area contributed by atoms with E-state index in [1.807, 2.05) is 32.9 Å². The minimum absolute atomic E-state index is 0.382. The summed E-state index contributed by atoms with van der Waals surface area (Å²) < 4.78 is 6.13. The zero-order valence-electron chi connectivity index (χ0n) is 13.7. The van der Waals surface area contributed by atoms with Gasteiger partial charge in [0.25, 0.3) is 0 Å². The number of terminal acetylenes is 1. The molecule has 0 atom stereocenters. The molecule has 0 unspecified atom stereocenters. The lowest BCUT2D eigenvalue weighted by Gasteiger charge is -2.19. The van der Waals surface area contributed by atoms with E-state index in [2.05, 4.69) is 53.1 Å². The average molecular weight is 391 g/mol. The molecule has 1 N–H and O–H groups in total. The minimum Gasteiger partial charge on any atom is -0.444 e. The number of rotatable bonds is 3. The molecule has 3 nitrogen and oxygen atoms in total. The van der Waals surface area contributed by atoms with Crippen molar-refractivity contribution in [2.45, 2.75) is 39.7 Å². The molecular weight excluding hydrogens is 366 g/mol. The lowest BCUT2D eigenvalue weighted by molar-refractivity contribution is 0.0528. The normalized spacial score (nSPS) is 9.45. The van der Waals surface area contributed by atoms with Crippen LogP contribution < -0.4 is 5.32 Å². The summed E-state index contributed by atoms with van der Waals surface area (Å²) >= 11 is 8.77. The number of aryl methyl sites for hydroxylation is 1. The third-order valence-corrected chi connectivity index (χ3v) is 2.79. The van der Waals surface area contributed by atoms with Crippen LogP contribution in [0.2, 0.25) is 0 Å². The maximum Gasteiger partial charge on any atom is 0.407 e. The van der Waals surface area contributed by atoms with Gasteiger partial charge >= 0.3 is 6.09 Å². The predicted octanol–water partition coefficient (Wildman–Crippen LogP) is 5.15. The van der Waals surface area contributed by atoms with Gasteiger partial charge in [-0.05, 0) is 46.2 Å². The first kappa shape index (κ1) is 23.1. The fourth-order valence-corrected chi connectivity index (χ4v) is 1.50. The van der Waals surface area contributed by atoms with Crippen LogP contribution in [0, 0.1) is 19.8 Å². The van der Waals surface area contributed by atoms with Gasteiger partial charge in [0, 0.05) is 16.9 Å². The SMILES string of the molecule is C#C.CC(C)(C)OC(=O)NCCCCl.Cc1ccc(Br)cc1. The quantitative estimate of drug-likeness (QED) is 0.440. The molecule has 0 radical (unpaired) electrons. The van der Waals surface area contributed by atoms with Crippen LogP contribution in [0.15, 0.2) is 28.7 Å². The van der Waals surface area contributed by atoms with E-state index in [9.17, 15) is 4.79 Å². The summed E-state index contributed by atoms with van der Waals surface area (Å²) in [6.07, 6.45) is 8.38. The van der Waals surface area contributed by atoms with Gasteiger partial charge in [-0.2, -0.15) is 0 Å². The molecule has 0 spiro atoms. The maximum absolute atomic E-state index is 11.0. The van der Waals surface area contributed by atoms with Crippen molar-refractivity contribution in [1.29, 1.82) is 0 Å². The van der Waals surface area contributed by atoms with E-state index < -0.39 is 5.60 Å². The van der Waals surface area contributed by atoms with Crippen molar-refractivity contribution in [3.8, 4) is 12.8 Å². The molecule has 0 aliphatic carbocycles. The fourth-order valence-electron chi connectivity index (χ4n) is 1.10. The summed E-state index contributed by atoms with van der Waals surface area (Å²) in [6.45, 7) is 8.13. The largest absolute Gasteiger partial charge is 0.444 e. The zero-order chi connectivity index (χ0) is 17.6. The highest BCUT2D eigenvalue weighted by molar-refractivity contribution is 9.10. The van der Waals surface area contributed by atoms with Gasteiger partial charge in [-0.25, -0.2) is 4.79 Å². The number of carbonyl (C=O) groups is 1. The van der Waals surface area contributed by atoms with Crippen molar-refractivity contribution in [3.63, 3.8) is 0 Å². The number of amides is 1. The number of alkyl carbamates (subject to hydrolysis) is 1. The molecule has 1 rings (SSSR count). The zero-order valence-corrected chi connectivity index (χ0v) is 16.0. The van der Waals surface area contributed by atoms with Crippen LogP contribution in [-0.4, -0.2) is 24.1 Å². The Hall–Kier alpha value is -1.18. The minimum atomic E-state index is -0.426. The highest BCUT2D eigenvalue weighted by Gasteiger charge is 2.15. The molecule has 0 fully saturated rings. The van der Waals surface area contributed by atoms with Gasteiger partial charge in [0.2, 0.25) is 0 Å². The predicted molar refractivity (Wildman–Crippen MR) is 98.3 cm³/mol. The lowest BCUT2D eigenvalue weighted by atomic mass is 10.2. The molecule has 0 saturated heterocycles. The fraction of sp³-hybridized carbons (Fsp3) is 0.471. The lowest BCUT2D eigenvalue weighted by Crippen LogP contribution is -2.33. The Morgan fingerprint density at radius 2 is 1.77 bits per heavy atom. The number of ether oxygens (including phenoxy) is 1. The molecule has 0 aliphatic heterocycles. The van der Waals surface area contributed by atoms with Gasteiger partial charge < -0.3 is 10.1 Å². The molecule has 5 heteroatoms. The maximum atomic E-state index is 11.0. The molecule has 1 aromatic rings. The first-order chi connectivity index (χ1) is 10.2. The number of hydrogen-bond acceptors (Lipinski definition) is 2. The first-order valence-corrected chi connectivity index (χ1v) is 8.15. The molecule has 124 valence electrons. The summed E-state index contributed by atoms with van der Waals surface area (Å²) in [4.78, 5) is 11.0. The number of hydrogen-bond donors (Lipinski definition) is 1. The van der Waals surface area contributed by atoms with Crippen molar-refractivity contribution >= 4 is 33.6 Å². The second-order valence-corrected chi connectivity index (χ2v) is 6.56. The van der Waals surface area contributed by atoms with Crippen LogP contribution >= 0.6 is 27.5 Å². The molecule has 1 amide bonds. The van der Waals surface area contributed by atoms with Crippen molar-refractivity contribution in [1.82, 2.24) is 5.32 Å². The summed E-state index contributed by atoms with van der Waals surface area (Å²) in [7, 11) is 0. The van der Waals surface area contributed by atoms with Crippen LogP contribution in [-0.2, 0) is 4.74 Å². The number of halogens is 2. The van der Waals surface area contributed by atoms with E-state index in [-0.39, 0.29) is 6.09 Å². The van der Waals surface area contributed by atoms with Crippen LogP contribution in [0.25, 0.3) is 0 Å². The van der Waals surface area contributed by atoms with Gasteiger partial charge in [-0.15, -0.1) is 24.4 Å². The molecule has 1 aromatic carbocycles. The second kappa shape index (κ2) is 13.5. The summed E-state index contributed by atoms with van der Waals surface area (Å²) in [5.41, 5.74) is 0.874. The Kier molecular flexibility index (Phi) is 14.1. The number of carbonyl (C=O) groups excluding carboxylic acids is 1. The summed E-state index contributed by atoms with van der Waals surface area (Å²) in [5.74, 6) is 0.551. The smallest absolute Gasteiger partial charge is 0.407 e. The number of benzene rings is 1. The van der Waals surface area contributed by atoms with Crippen LogP contribution in [0.3, 0.4) is 0 Å². The molecule has 0 heterocycles.